The van der Waals surface area contributed by atoms with Crippen molar-refractivity contribution in [3.05, 3.63) is 22.3 Å². The fourth-order valence-electron chi connectivity index (χ4n) is 2.91. The fourth-order valence-corrected chi connectivity index (χ4v) is 3.85. The van der Waals surface area contributed by atoms with Crippen LogP contribution in [0.25, 0.3) is 10.7 Å². The molecule has 0 saturated heterocycles. The van der Waals surface area contributed by atoms with Gasteiger partial charge in [-0.1, -0.05) is 38.2 Å². The van der Waals surface area contributed by atoms with Gasteiger partial charge in [-0.2, -0.15) is 5.10 Å². The molecule has 0 radical (unpaired) electrons. The maximum absolute atomic E-state index is 5.36. The average Bonchev–Trinajstić information content (AvgIpc) is 3.07. The molecule has 1 N–H and O–H groups in total. The van der Waals surface area contributed by atoms with E-state index >= 15 is 0 Å². The van der Waals surface area contributed by atoms with Crippen LogP contribution < -0.4 is 0 Å². The van der Waals surface area contributed by atoms with Crippen LogP contribution in [0.4, 0.5) is 0 Å². The van der Waals surface area contributed by atoms with Gasteiger partial charge in [-0.25, -0.2) is 0 Å². The van der Waals surface area contributed by atoms with Crippen molar-refractivity contribution in [1.29, 1.82) is 0 Å². The Balaban J connectivity index is 1.73. The van der Waals surface area contributed by atoms with E-state index in [1.807, 2.05) is 0 Å². The van der Waals surface area contributed by atoms with E-state index in [0.717, 1.165) is 23.1 Å². The molecule has 0 aliphatic heterocycles. The van der Waals surface area contributed by atoms with Gasteiger partial charge in [0, 0.05) is 6.54 Å². The third kappa shape index (κ3) is 2.98. The first kappa shape index (κ1) is 13.1. The van der Waals surface area contributed by atoms with Gasteiger partial charge in [0.25, 0.3) is 0 Å². The van der Waals surface area contributed by atoms with Crippen molar-refractivity contribution in [3.63, 3.8) is 0 Å². The number of rotatable bonds is 4. The highest BCUT2D eigenvalue weighted by molar-refractivity contribution is 7.71. The minimum absolute atomic E-state index is 0.749. The van der Waals surface area contributed by atoms with Crippen LogP contribution in [0.3, 0.4) is 0 Å². The summed E-state index contributed by atoms with van der Waals surface area (Å²) in [6.07, 6.45) is 8.23. The van der Waals surface area contributed by atoms with Crippen LogP contribution in [0.15, 0.2) is 17.5 Å². The van der Waals surface area contributed by atoms with E-state index in [2.05, 4.69) is 32.3 Å². The van der Waals surface area contributed by atoms with E-state index in [1.54, 1.807) is 11.3 Å². The molecule has 1 aliphatic carbocycles. The Hall–Kier alpha value is -0.940. The number of hydrogen-bond donors (Lipinski definition) is 1. The van der Waals surface area contributed by atoms with Crippen LogP contribution in [-0.4, -0.2) is 14.8 Å². The normalized spacial score (nSPS) is 16.8. The van der Waals surface area contributed by atoms with Gasteiger partial charge < -0.3 is 0 Å². The lowest BCUT2D eigenvalue weighted by Gasteiger charge is -2.21. The Morgan fingerprint density at radius 2 is 2.21 bits per heavy atom. The number of hydrogen-bond acceptors (Lipinski definition) is 3. The summed E-state index contributed by atoms with van der Waals surface area (Å²) in [5.41, 5.74) is 0. The molecule has 2 heterocycles. The summed E-state index contributed by atoms with van der Waals surface area (Å²) in [5.74, 6) is 1.87. The Kier molecular flexibility index (Phi) is 4.13. The zero-order valence-corrected chi connectivity index (χ0v) is 12.6. The molecular weight excluding hydrogens is 274 g/mol. The smallest absolute Gasteiger partial charge is 0.195 e. The summed E-state index contributed by atoms with van der Waals surface area (Å²) < 4.78 is 2.91. The van der Waals surface area contributed by atoms with Crippen LogP contribution in [-0.2, 0) is 6.54 Å². The second kappa shape index (κ2) is 6.01. The molecule has 102 valence electrons. The Morgan fingerprint density at radius 1 is 1.37 bits per heavy atom. The lowest BCUT2D eigenvalue weighted by atomic mass is 9.87. The van der Waals surface area contributed by atoms with Crippen molar-refractivity contribution in [2.24, 2.45) is 5.92 Å². The van der Waals surface area contributed by atoms with E-state index in [4.69, 9.17) is 12.2 Å². The van der Waals surface area contributed by atoms with Crippen molar-refractivity contribution in [3.8, 4) is 10.7 Å². The second-order valence-electron chi connectivity index (χ2n) is 5.27. The summed E-state index contributed by atoms with van der Waals surface area (Å²) in [5, 5.41) is 9.40. The first-order valence-corrected chi connectivity index (χ1v) is 8.32. The molecule has 3 rings (SSSR count). The van der Waals surface area contributed by atoms with E-state index in [-0.39, 0.29) is 0 Å². The Bertz CT molecular complexity index is 562. The highest BCUT2D eigenvalue weighted by Crippen LogP contribution is 2.28. The molecule has 1 aliphatic rings. The van der Waals surface area contributed by atoms with Crippen molar-refractivity contribution in [2.75, 3.05) is 0 Å². The van der Waals surface area contributed by atoms with Crippen LogP contribution in [0.5, 0.6) is 0 Å². The second-order valence-corrected chi connectivity index (χ2v) is 6.61. The van der Waals surface area contributed by atoms with Gasteiger partial charge in [0.15, 0.2) is 10.6 Å². The Labute approximate surface area is 122 Å². The number of nitrogens with one attached hydrogen (secondary N) is 1. The lowest BCUT2D eigenvalue weighted by Crippen LogP contribution is -2.10. The molecule has 3 nitrogen and oxygen atoms in total. The molecule has 0 bridgehead atoms. The van der Waals surface area contributed by atoms with E-state index < -0.39 is 0 Å². The average molecular weight is 293 g/mol. The fraction of sp³-hybridized carbons (Fsp3) is 0.571. The molecular formula is C14H19N3S2. The Morgan fingerprint density at radius 3 is 2.95 bits per heavy atom. The molecule has 0 atom stereocenters. The zero-order valence-electron chi connectivity index (χ0n) is 11.0. The quantitative estimate of drug-likeness (QED) is 0.833. The molecule has 1 fully saturated rings. The third-order valence-corrected chi connectivity index (χ3v) is 5.16. The van der Waals surface area contributed by atoms with E-state index in [0.29, 0.717) is 0 Å². The predicted molar refractivity (Wildman–Crippen MR) is 81.9 cm³/mol. The molecule has 0 aromatic carbocycles. The van der Waals surface area contributed by atoms with Crippen molar-refractivity contribution >= 4 is 23.6 Å². The number of aromatic nitrogens is 3. The van der Waals surface area contributed by atoms with Gasteiger partial charge in [-0.05, 0) is 36.0 Å². The molecule has 1 saturated carbocycles. The summed E-state index contributed by atoms with van der Waals surface area (Å²) >= 11 is 7.08. The number of nitrogens with zero attached hydrogens (tertiary/aromatic N) is 2. The third-order valence-electron chi connectivity index (χ3n) is 3.99. The van der Waals surface area contributed by atoms with Crippen LogP contribution in [0.2, 0.25) is 0 Å². The number of aromatic amines is 1. The maximum Gasteiger partial charge on any atom is 0.195 e. The van der Waals surface area contributed by atoms with Gasteiger partial charge in [0.1, 0.15) is 0 Å². The van der Waals surface area contributed by atoms with Gasteiger partial charge in [0.05, 0.1) is 4.88 Å². The van der Waals surface area contributed by atoms with Crippen molar-refractivity contribution in [1.82, 2.24) is 14.8 Å². The minimum Gasteiger partial charge on any atom is -0.299 e. The first-order valence-electron chi connectivity index (χ1n) is 7.03. The summed E-state index contributed by atoms with van der Waals surface area (Å²) in [6, 6.07) is 4.16. The summed E-state index contributed by atoms with van der Waals surface area (Å²) in [6.45, 7) is 0.993. The van der Waals surface area contributed by atoms with Gasteiger partial charge in [-0.3, -0.25) is 9.67 Å². The molecule has 5 heteroatoms. The number of H-pyrrole nitrogens is 1. The summed E-state index contributed by atoms with van der Waals surface area (Å²) in [4.78, 5) is 1.19. The highest BCUT2D eigenvalue weighted by atomic mass is 32.1. The molecule has 2 aromatic rings. The van der Waals surface area contributed by atoms with Gasteiger partial charge in [0.2, 0.25) is 0 Å². The van der Waals surface area contributed by atoms with Crippen LogP contribution in [0.1, 0.15) is 38.5 Å². The number of thiophene rings is 1. The SMILES string of the molecule is S=c1[nH]nc(-c2cccs2)n1CCC1CCCCC1. The highest BCUT2D eigenvalue weighted by Gasteiger charge is 2.15. The van der Waals surface area contributed by atoms with Crippen molar-refractivity contribution < 1.29 is 0 Å². The van der Waals surface area contributed by atoms with Gasteiger partial charge in [-0.15, -0.1) is 11.3 Å². The summed E-state index contributed by atoms with van der Waals surface area (Å²) in [7, 11) is 0. The molecule has 0 unspecified atom stereocenters. The monoisotopic (exact) mass is 293 g/mol. The van der Waals surface area contributed by atoms with Crippen LogP contribution in [0, 0.1) is 10.7 Å². The lowest BCUT2D eigenvalue weighted by molar-refractivity contribution is 0.324. The topological polar surface area (TPSA) is 33.6 Å². The van der Waals surface area contributed by atoms with Crippen molar-refractivity contribution in [2.45, 2.75) is 45.1 Å². The largest absolute Gasteiger partial charge is 0.299 e. The molecule has 19 heavy (non-hydrogen) atoms. The maximum atomic E-state index is 5.36. The predicted octanol–water partition coefficient (Wildman–Crippen LogP) is 4.64. The molecule has 2 aromatic heterocycles. The van der Waals surface area contributed by atoms with E-state index in [9.17, 15) is 0 Å². The van der Waals surface area contributed by atoms with Gasteiger partial charge >= 0.3 is 0 Å². The molecule has 0 spiro atoms. The first-order chi connectivity index (χ1) is 9.34. The van der Waals surface area contributed by atoms with Crippen LogP contribution >= 0.6 is 23.6 Å². The zero-order chi connectivity index (χ0) is 13.1. The standard InChI is InChI=1S/C14H19N3S2/c18-14-16-15-13(12-7-4-10-19-12)17(14)9-8-11-5-2-1-3-6-11/h4,7,10-11H,1-3,5-6,8-9H2,(H,16,18). The van der Waals surface area contributed by atoms with E-state index in [1.165, 1.54) is 43.4 Å². The minimum atomic E-state index is 0.749. The molecule has 0 amide bonds.